The lowest BCUT2D eigenvalue weighted by atomic mass is 9.79. The second-order valence-electron chi connectivity index (χ2n) is 8.68. The van der Waals surface area contributed by atoms with Crippen molar-refractivity contribution >= 4 is 34.7 Å². The number of nitro groups is 1. The van der Waals surface area contributed by atoms with Crippen LogP contribution in [0.25, 0.3) is 0 Å². The van der Waals surface area contributed by atoms with Crippen LogP contribution in [0.1, 0.15) is 51.2 Å². The molecule has 1 aromatic carbocycles. The third-order valence-corrected chi connectivity index (χ3v) is 7.55. The van der Waals surface area contributed by atoms with Crippen molar-refractivity contribution in [3.8, 4) is 0 Å². The van der Waals surface area contributed by atoms with E-state index in [2.05, 4.69) is 5.32 Å². The van der Waals surface area contributed by atoms with E-state index in [-0.39, 0.29) is 18.0 Å². The fourth-order valence-electron chi connectivity index (χ4n) is 4.98. The lowest BCUT2D eigenvalue weighted by Crippen LogP contribution is -2.50. The van der Waals surface area contributed by atoms with E-state index < -0.39 is 46.6 Å². The molecule has 0 spiro atoms. The molecule has 4 unspecified atom stereocenters. The van der Waals surface area contributed by atoms with Crippen molar-refractivity contribution < 1.29 is 23.7 Å². The predicted octanol–water partition coefficient (Wildman–Crippen LogP) is 4.09. The molecule has 0 saturated carbocycles. The van der Waals surface area contributed by atoms with Gasteiger partial charge in [0, 0.05) is 29.5 Å². The molecule has 1 aliphatic heterocycles. The summed E-state index contributed by atoms with van der Waals surface area (Å²) in [6, 6.07) is 8.04. The van der Waals surface area contributed by atoms with E-state index in [9.17, 15) is 24.5 Å². The second kappa shape index (κ2) is 9.94. The van der Waals surface area contributed by atoms with E-state index >= 15 is 0 Å². The molecule has 1 fully saturated rings. The minimum Gasteiger partial charge on any atom is -0.458 e. The Morgan fingerprint density at radius 3 is 2.50 bits per heavy atom. The Bertz CT molecular complexity index is 1330. The van der Waals surface area contributed by atoms with Crippen molar-refractivity contribution in [2.75, 3.05) is 6.54 Å². The molecule has 10 nitrogen and oxygen atoms in total. The highest BCUT2D eigenvalue weighted by Gasteiger charge is 2.58. The Balaban J connectivity index is 2.01. The third-order valence-electron chi connectivity index (χ3n) is 6.43. The van der Waals surface area contributed by atoms with Crippen molar-refractivity contribution in [1.82, 2.24) is 10.2 Å². The van der Waals surface area contributed by atoms with Crippen LogP contribution < -0.4 is 11.1 Å². The Morgan fingerprint density at radius 2 is 1.94 bits per heavy atom. The van der Waals surface area contributed by atoms with Crippen LogP contribution in [0, 0.1) is 29.9 Å². The normalized spacial score (nSPS) is 21.4. The molecule has 1 aliphatic rings. The van der Waals surface area contributed by atoms with E-state index in [0.29, 0.717) is 11.3 Å². The van der Waals surface area contributed by atoms with Gasteiger partial charge in [0.25, 0.3) is 5.69 Å². The van der Waals surface area contributed by atoms with Crippen LogP contribution in [0.15, 0.2) is 52.3 Å². The average molecular weight is 511 g/mol. The summed E-state index contributed by atoms with van der Waals surface area (Å²) in [6.45, 7) is 5.56. The molecule has 11 heteroatoms. The molecule has 0 bridgehead atoms. The maximum atomic E-state index is 14.0. The Kier molecular flexibility index (Phi) is 6.93. The number of benzene rings is 1. The minimum atomic E-state index is -1.18. The molecule has 3 N–H and O–H groups in total. The summed E-state index contributed by atoms with van der Waals surface area (Å²) in [5, 5.41) is 16.1. The number of amides is 3. The molecule has 188 valence electrons. The fourth-order valence-corrected chi connectivity index (χ4v) is 6.09. The topological polar surface area (TPSA) is 149 Å². The number of furan rings is 1. The smallest absolute Gasteiger partial charge is 0.318 e. The van der Waals surface area contributed by atoms with Crippen LogP contribution in [0.3, 0.4) is 0 Å². The van der Waals surface area contributed by atoms with E-state index in [0.717, 1.165) is 10.4 Å². The first-order chi connectivity index (χ1) is 17.1. The van der Waals surface area contributed by atoms with Crippen molar-refractivity contribution in [2.24, 2.45) is 11.7 Å². The number of ketones is 1. The van der Waals surface area contributed by atoms with Gasteiger partial charge in [-0.1, -0.05) is 12.1 Å². The number of carbonyl (C=O) groups excluding carboxylic acids is 3. The highest BCUT2D eigenvalue weighted by molar-refractivity contribution is 7.10. The number of nitrogens with zero attached hydrogens (tertiary/aromatic N) is 2. The number of likely N-dealkylation sites (tertiary alicyclic amines) is 1. The second-order valence-corrected chi connectivity index (χ2v) is 9.63. The van der Waals surface area contributed by atoms with Gasteiger partial charge in [-0.25, -0.2) is 4.79 Å². The molecular formula is C25H26N4O6S. The molecule has 0 aliphatic carbocycles. The van der Waals surface area contributed by atoms with Crippen LogP contribution in [0.4, 0.5) is 10.5 Å². The van der Waals surface area contributed by atoms with Gasteiger partial charge in [0.15, 0.2) is 5.76 Å². The van der Waals surface area contributed by atoms with Crippen molar-refractivity contribution in [1.29, 1.82) is 0 Å². The molecular weight excluding hydrogens is 484 g/mol. The molecule has 4 atom stereocenters. The van der Waals surface area contributed by atoms with Gasteiger partial charge in [0.2, 0.25) is 11.7 Å². The number of Topliss-reactive ketones (excluding diaryl/α,β-unsaturated/α-hetero) is 1. The molecule has 2 aromatic heterocycles. The molecule has 36 heavy (non-hydrogen) atoms. The van der Waals surface area contributed by atoms with E-state index in [1.54, 1.807) is 32.0 Å². The summed E-state index contributed by atoms with van der Waals surface area (Å²) < 4.78 is 5.65. The van der Waals surface area contributed by atoms with Crippen LogP contribution in [0.5, 0.6) is 0 Å². The standard InChI is InChI=1S/C25H26N4O6S/c1-4-27-25(32)28-20(15-6-5-7-16(12-15)29(33)34)18(22(30)17-9-8-14(3)35-17)19(21(28)24(26)31)23-13(2)10-11-36-23/h5-12,18-21H,4H2,1-3H3,(H2,26,31)(H,27,32). The molecule has 1 saturated heterocycles. The highest BCUT2D eigenvalue weighted by atomic mass is 32.1. The number of nitro benzene ring substituents is 1. The van der Waals surface area contributed by atoms with Gasteiger partial charge in [0.1, 0.15) is 11.8 Å². The number of urea groups is 1. The van der Waals surface area contributed by atoms with Gasteiger partial charge in [-0.05, 0) is 55.5 Å². The fraction of sp³-hybridized carbons (Fsp3) is 0.320. The van der Waals surface area contributed by atoms with Gasteiger partial charge in [-0.3, -0.25) is 19.7 Å². The lowest BCUT2D eigenvalue weighted by molar-refractivity contribution is -0.385. The number of rotatable bonds is 7. The van der Waals surface area contributed by atoms with Crippen LogP contribution in [-0.2, 0) is 4.79 Å². The number of nitrogens with two attached hydrogens (primary N) is 1. The van der Waals surface area contributed by atoms with E-state index in [4.69, 9.17) is 10.2 Å². The lowest BCUT2D eigenvalue weighted by Gasteiger charge is -2.30. The number of hydrogen-bond donors (Lipinski definition) is 2. The summed E-state index contributed by atoms with van der Waals surface area (Å²) in [5.41, 5.74) is 6.89. The zero-order chi connectivity index (χ0) is 26.1. The van der Waals surface area contributed by atoms with Gasteiger partial charge in [-0.15, -0.1) is 11.3 Å². The number of thiophene rings is 1. The van der Waals surface area contributed by atoms with Gasteiger partial charge in [0.05, 0.1) is 16.9 Å². The Labute approximate surface area is 211 Å². The Morgan fingerprint density at radius 1 is 1.19 bits per heavy atom. The largest absolute Gasteiger partial charge is 0.458 e. The number of nitrogens with one attached hydrogen (secondary N) is 1. The van der Waals surface area contributed by atoms with Crippen LogP contribution in [-0.4, -0.2) is 40.1 Å². The molecule has 3 aromatic rings. The molecule has 3 amide bonds. The first kappa shape index (κ1) is 25.1. The van der Waals surface area contributed by atoms with Crippen molar-refractivity contribution in [3.63, 3.8) is 0 Å². The van der Waals surface area contributed by atoms with Crippen molar-refractivity contribution in [2.45, 2.75) is 38.8 Å². The van der Waals surface area contributed by atoms with Crippen LogP contribution >= 0.6 is 11.3 Å². The first-order valence-corrected chi connectivity index (χ1v) is 12.3. The molecule has 4 rings (SSSR count). The highest BCUT2D eigenvalue weighted by Crippen LogP contribution is 2.53. The molecule has 0 radical (unpaired) electrons. The molecule has 3 heterocycles. The van der Waals surface area contributed by atoms with Gasteiger partial charge >= 0.3 is 6.03 Å². The summed E-state index contributed by atoms with van der Waals surface area (Å²) in [5.74, 6) is -2.37. The van der Waals surface area contributed by atoms with Crippen molar-refractivity contribution in [3.05, 3.63) is 85.5 Å². The maximum absolute atomic E-state index is 14.0. The number of hydrogen-bond acceptors (Lipinski definition) is 7. The Hall–Kier alpha value is -3.99. The van der Waals surface area contributed by atoms with Crippen LogP contribution in [0.2, 0.25) is 0 Å². The zero-order valence-corrected chi connectivity index (χ0v) is 20.8. The minimum absolute atomic E-state index is 0.0770. The average Bonchev–Trinajstić information content (AvgIpc) is 3.55. The van der Waals surface area contributed by atoms with Gasteiger partial charge in [-0.2, -0.15) is 0 Å². The monoisotopic (exact) mass is 510 g/mol. The zero-order valence-electron chi connectivity index (χ0n) is 20.0. The summed E-state index contributed by atoms with van der Waals surface area (Å²) >= 11 is 1.36. The maximum Gasteiger partial charge on any atom is 0.318 e. The number of carbonyl (C=O) groups is 3. The number of non-ortho nitro benzene ring substituents is 1. The summed E-state index contributed by atoms with van der Waals surface area (Å²) in [7, 11) is 0. The number of primary amides is 1. The van der Waals surface area contributed by atoms with E-state index in [1.165, 1.54) is 34.4 Å². The summed E-state index contributed by atoms with van der Waals surface area (Å²) in [6.07, 6.45) is 0. The summed E-state index contributed by atoms with van der Waals surface area (Å²) in [4.78, 5) is 53.4. The number of aryl methyl sites for hydroxylation is 2. The first-order valence-electron chi connectivity index (χ1n) is 11.4. The SMILES string of the molecule is CCNC(=O)N1C(C(N)=O)C(c2sccc2C)C(C(=O)c2ccc(C)o2)C1c1cccc([N+](=O)[O-])c1. The quantitative estimate of drug-likeness (QED) is 0.278. The third kappa shape index (κ3) is 4.37. The predicted molar refractivity (Wildman–Crippen MR) is 133 cm³/mol. The van der Waals surface area contributed by atoms with Gasteiger partial charge < -0.3 is 20.4 Å². The van der Waals surface area contributed by atoms with E-state index in [1.807, 2.05) is 18.4 Å².